The van der Waals surface area contributed by atoms with Crippen LogP contribution in [0.15, 0.2) is 17.1 Å². The lowest BCUT2D eigenvalue weighted by atomic mass is 10.1. The number of amides is 1. The van der Waals surface area contributed by atoms with Crippen LogP contribution in [0.5, 0.6) is 0 Å². The molecular weight excluding hydrogens is 455 g/mol. The number of hydrogen-bond donors (Lipinski definition) is 1. The van der Waals surface area contributed by atoms with Gasteiger partial charge in [-0.15, -0.1) is 24.0 Å². The molecule has 27 heavy (non-hydrogen) atoms. The Kier molecular flexibility index (Phi) is 11.3. The van der Waals surface area contributed by atoms with Crippen LogP contribution in [-0.4, -0.2) is 74.7 Å². The first-order valence-electron chi connectivity index (χ1n) is 9.95. The van der Waals surface area contributed by atoms with Crippen LogP contribution in [0.3, 0.4) is 0 Å². The molecule has 0 spiro atoms. The standard InChI is InChI=1S/C20H36N4O2.HI/c1-16(2)13-21-20(22-14-19(25)23(3)4)24-11-9-18(10-12-24)26-15-17-7-5-6-8-17;/h17-18H,1,5-15H2,2-4H3,(H,21,22);1H. The van der Waals surface area contributed by atoms with Crippen LogP contribution < -0.4 is 5.32 Å². The van der Waals surface area contributed by atoms with E-state index in [9.17, 15) is 4.79 Å². The number of nitrogens with one attached hydrogen (secondary N) is 1. The van der Waals surface area contributed by atoms with Crippen molar-refractivity contribution in [2.24, 2.45) is 10.9 Å². The first-order chi connectivity index (χ1) is 12.5. The highest BCUT2D eigenvalue weighted by Crippen LogP contribution is 2.26. The first kappa shape index (κ1) is 24.2. The molecule has 1 aliphatic heterocycles. The Morgan fingerprint density at radius 3 is 2.41 bits per heavy atom. The topological polar surface area (TPSA) is 57.2 Å². The van der Waals surface area contributed by atoms with Gasteiger partial charge in [0.25, 0.3) is 0 Å². The van der Waals surface area contributed by atoms with Crippen molar-refractivity contribution >= 4 is 35.8 Å². The van der Waals surface area contributed by atoms with E-state index in [2.05, 4.69) is 21.8 Å². The average Bonchev–Trinajstić information content (AvgIpc) is 3.13. The van der Waals surface area contributed by atoms with Gasteiger partial charge < -0.3 is 19.9 Å². The predicted octanol–water partition coefficient (Wildman–Crippen LogP) is 2.89. The number of aliphatic imine (C=N–C) groups is 1. The third-order valence-corrected chi connectivity index (χ3v) is 5.20. The molecular formula is C20H37IN4O2. The molecule has 1 saturated carbocycles. The Bertz CT molecular complexity index is 496. The lowest BCUT2D eigenvalue weighted by Gasteiger charge is -2.34. The van der Waals surface area contributed by atoms with E-state index < -0.39 is 0 Å². The van der Waals surface area contributed by atoms with Crippen LogP contribution in [0.25, 0.3) is 0 Å². The SMILES string of the molecule is C=C(C)CNC(=NCC(=O)N(C)C)N1CCC(OCC2CCCC2)CC1.I. The molecule has 1 N–H and O–H groups in total. The summed E-state index contributed by atoms with van der Waals surface area (Å²) in [6.07, 6.45) is 7.79. The number of likely N-dealkylation sites (N-methyl/N-ethyl adjacent to an activating group) is 1. The Balaban J connectivity index is 0.00000364. The minimum absolute atomic E-state index is 0. The number of halogens is 1. The first-order valence-corrected chi connectivity index (χ1v) is 9.95. The lowest BCUT2D eigenvalue weighted by Crippen LogP contribution is -2.48. The fraction of sp³-hybridized carbons (Fsp3) is 0.800. The van der Waals surface area contributed by atoms with Crippen LogP contribution in [0.4, 0.5) is 0 Å². The molecule has 1 aliphatic carbocycles. The molecule has 0 atom stereocenters. The van der Waals surface area contributed by atoms with Crippen molar-refractivity contribution < 1.29 is 9.53 Å². The second kappa shape index (κ2) is 12.6. The zero-order valence-corrected chi connectivity index (χ0v) is 19.5. The molecule has 1 amide bonds. The summed E-state index contributed by atoms with van der Waals surface area (Å²) < 4.78 is 6.16. The fourth-order valence-electron chi connectivity index (χ4n) is 3.47. The van der Waals surface area contributed by atoms with E-state index in [0.29, 0.717) is 12.6 Å². The molecule has 1 saturated heterocycles. The van der Waals surface area contributed by atoms with E-state index in [1.54, 1.807) is 19.0 Å². The molecule has 156 valence electrons. The van der Waals surface area contributed by atoms with Crippen LogP contribution in [0.2, 0.25) is 0 Å². The molecule has 6 nitrogen and oxygen atoms in total. The fourth-order valence-corrected chi connectivity index (χ4v) is 3.47. The van der Waals surface area contributed by atoms with Crippen LogP contribution in [0, 0.1) is 5.92 Å². The summed E-state index contributed by atoms with van der Waals surface area (Å²) >= 11 is 0. The van der Waals surface area contributed by atoms with E-state index >= 15 is 0 Å². The van der Waals surface area contributed by atoms with Gasteiger partial charge in [0.15, 0.2) is 5.96 Å². The van der Waals surface area contributed by atoms with Crippen molar-refractivity contribution in [3.8, 4) is 0 Å². The van der Waals surface area contributed by atoms with Crippen LogP contribution in [0.1, 0.15) is 45.4 Å². The second-order valence-electron chi connectivity index (χ2n) is 7.91. The van der Waals surface area contributed by atoms with E-state index in [1.807, 2.05) is 6.92 Å². The monoisotopic (exact) mass is 492 g/mol. The summed E-state index contributed by atoms with van der Waals surface area (Å²) in [5.41, 5.74) is 1.05. The van der Waals surface area contributed by atoms with Gasteiger partial charge in [0.05, 0.1) is 6.10 Å². The van der Waals surface area contributed by atoms with E-state index in [1.165, 1.54) is 25.7 Å². The molecule has 0 unspecified atom stereocenters. The molecule has 7 heteroatoms. The number of ether oxygens (including phenoxy) is 1. The zero-order chi connectivity index (χ0) is 18.9. The number of piperidine rings is 1. The average molecular weight is 492 g/mol. The predicted molar refractivity (Wildman–Crippen MR) is 122 cm³/mol. The smallest absolute Gasteiger partial charge is 0.243 e. The highest BCUT2D eigenvalue weighted by molar-refractivity contribution is 14.0. The molecule has 0 aromatic rings. The minimum atomic E-state index is 0. The number of carbonyl (C=O) groups excluding carboxylic acids is 1. The number of likely N-dealkylation sites (tertiary alicyclic amines) is 1. The molecule has 1 heterocycles. The lowest BCUT2D eigenvalue weighted by molar-refractivity contribution is -0.127. The summed E-state index contributed by atoms with van der Waals surface area (Å²) in [5.74, 6) is 1.59. The Hall–Kier alpha value is -0.830. The van der Waals surface area contributed by atoms with Crippen molar-refractivity contribution in [2.45, 2.75) is 51.6 Å². The van der Waals surface area contributed by atoms with Crippen LogP contribution in [-0.2, 0) is 9.53 Å². The molecule has 0 aromatic heterocycles. The highest BCUT2D eigenvalue weighted by Gasteiger charge is 2.24. The Morgan fingerprint density at radius 1 is 1.22 bits per heavy atom. The van der Waals surface area contributed by atoms with Gasteiger partial charge in [-0.2, -0.15) is 0 Å². The van der Waals surface area contributed by atoms with Crippen molar-refractivity contribution in [1.82, 2.24) is 15.1 Å². The maximum Gasteiger partial charge on any atom is 0.243 e. The largest absolute Gasteiger partial charge is 0.378 e. The van der Waals surface area contributed by atoms with E-state index in [0.717, 1.165) is 50.0 Å². The number of rotatable bonds is 7. The van der Waals surface area contributed by atoms with E-state index in [-0.39, 0.29) is 36.4 Å². The number of nitrogens with zero attached hydrogens (tertiary/aromatic N) is 3. The maximum absolute atomic E-state index is 11.9. The van der Waals surface area contributed by atoms with Crippen molar-refractivity contribution in [3.05, 3.63) is 12.2 Å². The Morgan fingerprint density at radius 2 is 1.85 bits per heavy atom. The third kappa shape index (κ3) is 8.81. The van der Waals surface area contributed by atoms with Gasteiger partial charge in [-0.1, -0.05) is 25.0 Å². The van der Waals surface area contributed by atoms with Crippen molar-refractivity contribution in [1.29, 1.82) is 0 Å². The van der Waals surface area contributed by atoms with Gasteiger partial charge in [0.2, 0.25) is 5.91 Å². The zero-order valence-electron chi connectivity index (χ0n) is 17.2. The second-order valence-corrected chi connectivity index (χ2v) is 7.91. The number of carbonyl (C=O) groups is 1. The molecule has 2 fully saturated rings. The van der Waals surface area contributed by atoms with Crippen molar-refractivity contribution in [2.75, 3.05) is 46.9 Å². The van der Waals surface area contributed by atoms with E-state index in [4.69, 9.17) is 4.74 Å². The van der Waals surface area contributed by atoms with Crippen molar-refractivity contribution in [3.63, 3.8) is 0 Å². The minimum Gasteiger partial charge on any atom is -0.378 e. The molecule has 2 aliphatic rings. The summed E-state index contributed by atoms with van der Waals surface area (Å²) in [6.45, 7) is 9.52. The quantitative estimate of drug-likeness (QED) is 0.257. The van der Waals surface area contributed by atoms with Gasteiger partial charge >= 0.3 is 0 Å². The normalized spacial score (nSPS) is 18.9. The summed E-state index contributed by atoms with van der Waals surface area (Å²) in [6, 6.07) is 0. The van der Waals surface area contributed by atoms with Gasteiger partial charge in [0, 0.05) is 40.3 Å². The molecule has 0 bridgehead atoms. The summed E-state index contributed by atoms with van der Waals surface area (Å²) in [5, 5.41) is 3.34. The summed E-state index contributed by atoms with van der Waals surface area (Å²) in [7, 11) is 3.51. The molecule has 2 rings (SSSR count). The summed E-state index contributed by atoms with van der Waals surface area (Å²) in [4.78, 5) is 20.2. The highest BCUT2D eigenvalue weighted by atomic mass is 127. The van der Waals surface area contributed by atoms with Gasteiger partial charge in [-0.05, 0) is 38.5 Å². The number of guanidine groups is 1. The van der Waals surface area contributed by atoms with Gasteiger partial charge in [-0.25, -0.2) is 4.99 Å². The molecule has 0 radical (unpaired) electrons. The van der Waals surface area contributed by atoms with Crippen LogP contribution >= 0.6 is 24.0 Å². The van der Waals surface area contributed by atoms with Gasteiger partial charge in [-0.3, -0.25) is 4.79 Å². The van der Waals surface area contributed by atoms with Gasteiger partial charge in [0.1, 0.15) is 6.54 Å². The Labute approximate surface area is 181 Å². The maximum atomic E-state index is 11.9. The molecule has 0 aromatic carbocycles. The number of hydrogen-bond acceptors (Lipinski definition) is 3. The third-order valence-electron chi connectivity index (χ3n) is 5.20.